The van der Waals surface area contributed by atoms with Gasteiger partial charge < -0.3 is 22.4 Å². The molecule has 3 rings (SSSR count). The fourth-order valence-electron chi connectivity index (χ4n) is 4.47. The molecule has 0 saturated carbocycles. The van der Waals surface area contributed by atoms with Gasteiger partial charge in [-0.1, -0.05) is 96.9 Å². The van der Waals surface area contributed by atoms with Crippen molar-refractivity contribution < 1.29 is 4.57 Å². The first kappa shape index (κ1) is 24.1. The van der Waals surface area contributed by atoms with Crippen molar-refractivity contribution >= 4 is 33.2 Å². The van der Waals surface area contributed by atoms with Gasteiger partial charge in [-0.2, -0.15) is 0 Å². The minimum Gasteiger partial charge on any atom is -0.421 e. The average molecular weight is 526 g/mol. The molecule has 0 fully saturated rings. The first-order valence-electron chi connectivity index (χ1n) is 11.5. The molecule has 2 aromatic carbocycles. The summed E-state index contributed by atoms with van der Waals surface area (Å²) in [7, 11) is 0. The van der Waals surface area contributed by atoms with E-state index >= 15 is 0 Å². The minimum atomic E-state index is 0.459. The summed E-state index contributed by atoms with van der Waals surface area (Å²) in [5.74, 6) is 1.84. The molecule has 1 heterocycles. The quantitative estimate of drug-likeness (QED) is 0.180. The standard InChI is InChI=1S/C27H36BIN2/c1-17(2)21-11-9-12-22(18(3)4)25(21)30-15-16-31(27(30)28-29)26-23(19(5)6)13-10-14-24(26)20(7)8/h9-20H,1-8H3. The summed E-state index contributed by atoms with van der Waals surface area (Å²) in [6.07, 6.45) is 4.50. The van der Waals surface area contributed by atoms with Crippen LogP contribution in [0.2, 0.25) is 0 Å². The number of hydrogen-bond donors (Lipinski definition) is 0. The van der Waals surface area contributed by atoms with E-state index in [1.54, 1.807) is 0 Å². The lowest BCUT2D eigenvalue weighted by molar-refractivity contribution is -0.576. The molecule has 0 amide bonds. The molecular formula is C27H36BIN2. The zero-order valence-corrected chi connectivity index (χ0v) is 22.4. The van der Waals surface area contributed by atoms with Crippen molar-refractivity contribution in [2.45, 2.75) is 79.1 Å². The molecule has 164 valence electrons. The van der Waals surface area contributed by atoms with Crippen LogP contribution in [0.1, 0.15) is 101 Å². The van der Waals surface area contributed by atoms with Crippen molar-refractivity contribution in [3.8, 4) is 11.4 Å². The normalized spacial score (nSPS) is 12.0. The van der Waals surface area contributed by atoms with Crippen molar-refractivity contribution in [2.75, 3.05) is 0 Å². The second-order valence-electron chi connectivity index (χ2n) is 9.69. The SMILES string of the molecule is CC(C)c1cccc(C(C)C)c1-n1cc[n+](-c2c(C(C)C)cccc2C(C)C)c1[B-]I. The first-order valence-corrected chi connectivity index (χ1v) is 12.8. The van der Waals surface area contributed by atoms with E-state index in [2.05, 4.69) is 141 Å². The number of rotatable bonds is 7. The Morgan fingerprint density at radius 2 is 1.13 bits per heavy atom. The van der Waals surface area contributed by atoms with Gasteiger partial charge in [0.05, 0.1) is 0 Å². The van der Waals surface area contributed by atoms with Crippen molar-refractivity contribution in [1.82, 2.24) is 4.57 Å². The molecule has 4 heteroatoms. The summed E-state index contributed by atoms with van der Waals surface area (Å²) in [5, 5.41) is 2.22. The van der Waals surface area contributed by atoms with E-state index in [1.165, 1.54) is 39.4 Å². The van der Waals surface area contributed by atoms with Crippen molar-refractivity contribution in [3.63, 3.8) is 0 Å². The Balaban J connectivity index is 2.36. The first-order chi connectivity index (χ1) is 14.7. The number of para-hydroxylation sites is 2. The zero-order chi connectivity index (χ0) is 22.9. The number of nitrogens with zero attached hydrogens (tertiary/aromatic N) is 2. The van der Waals surface area contributed by atoms with Gasteiger partial charge in [0, 0.05) is 28.0 Å². The largest absolute Gasteiger partial charge is 0.421 e. The number of aromatic nitrogens is 2. The Kier molecular flexibility index (Phi) is 7.72. The zero-order valence-electron chi connectivity index (χ0n) is 20.3. The highest BCUT2D eigenvalue weighted by molar-refractivity contribution is 14.1. The molecule has 31 heavy (non-hydrogen) atoms. The molecule has 0 saturated heterocycles. The number of hydrogen-bond acceptors (Lipinski definition) is 0. The number of imidazole rings is 1. The third-order valence-electron chi connectivity index (χ3n) is 6.12. The van der Waals surface area contributed by atoms with Crippen LogP contribution >= 0.6 is 22.4 Å². The van der Waals surface area contributed by atoms with Crippen molar-refractivity contribution in [3.05, 3.63) is 71.0 Å². The molecule has 0 unspecified atom stereocenters. The molecule has 0 atom stereocenters. The number of halogens is 1. The Hall–Kier alpha value is -1.56. The molecule has 0 spiro atoms. The lowest BCUT2D eigenvalue weighted by Crippen LogP contribution is -2.51. The van der Waals surface area contributed by atoms with Gasteiger partial charge in [0.1, 0.15) is 23.8 Å². The molecular weight excluding hydrogens is 490 g/mol. The van der Waals surface area contributed by atoms with Gasteiger partial charge in [0.15, 0.2) is 0 Å². The Bertz CT molecular complexity index is 914. The van der Waals surface area contributed by atoms with E-state index in [0.717, 1.165) is 0 Å². The van der Waals surface area contributed by atoms with E-state index in [4.69, 9.17) is 0 Å². The number of benzene rings is 2. The highest BCUT2D eigenvalue weighted by Crippen LogP contribution is 2.31. The summed E-state index contributed by atoms with van der Waals surface area (Å²) in [6, 6.07) is 13.6. The molecule has 0 bridgehead atoms. The van der Waals surface area contributed by atoms with Gasteiger partial charge in [-0.15, -0.1) is 0 Å². The molecule has 0 aliphatic carbocycles. The third kappa shape index (κ3) is 4.64. The molecule has 1 aromatic heterocycles. The van der Waals surface area contributed by atoms with E-state index in [0.29, 0.717) is 23.7 Å². The van der Waals surface area contributed by atoms with E-state index in [-0.39, 0.29) is 0 Å². The fourth-order valence-corrected chi connectivity index (χ4v) is 5.07. The Morgan fingerprint density at radius 1 is 0.710 bits per heavy atom. The van der Waals surface area contributed by atoms with E-state index in [9.17, 15) is 0 Å². The van der Waals surface area contributed by atoms with Gasteiger partial charge in [-0.25, -0.2) is 9.13 Å². The van der Waals surface area contributed by atoms with Crippen LogP contribution in [0.3, 0.4) is 0 Å². The average Bonchev–Trinajstić information content (AvgIpc) is 3.15. The summed E-state index contributed by atoms with van der Waals surface area (Å²) in [4.78, 5) is 0. The smallest absolute Gasteiger partial charge is 0.135 e. The second kappa shape index (κ2) is 9.93. The van der Waals surface area contributed by atoms with Crippen LogP contribution < -0.4 is 10.3 Å². The van der Waals surface area contributed by atoms with Crippen LogP contribution in [-0.2, 0) is 0 Å². The predicted molar refractivity (Wildman–Crippen MR) is 143 cm³/mol. The van der Waals surface area contributed by atoms with Crippen LogP contribution in [0, 0.1) is 0 Å². The van der Waals surface area contributed by atoms with Crippen LogP contribution in [0.25, 0.3) is 11.4 Å². The Labute approximate surface area is 203 Å². The molecule has 2 radical (unpaired) electrons. The van der Waals surface area contributed by atoms with Gasteiger partial charge in [-0.3, -0.25) is 0 Å². The van der Waals surface area contributed by atoms with Gasteiger partial charge in [0.25, 0.3) is 0 Å². The molecule has 2 nitrogen and oxygen atoms in total. The van der Waals surface area contributed by atoms with Gasteiger partial charge >= 0.3 is 0 Å². The Morgan fingerprint density at radius 3 is 1.52 bits per heavy atom. The monoisotopic (exact) mass is 526 g/mol. The van der Waals surface area contributed by atoms with Crippen molar-refractivity contribution in [1.29, 1.82) is 0 Å². The minimum absolute atomic E-state index is 0.459. The maximum absolute atomic E-state index is 2.40. The summed E-state index contributed by atoms with van der Waals surface area (Å²) >= 11 is 2.40. The van der Waals surface area contributed by atoms with Crippen LogP contribution in [0.4, 0.5) is 0 Å². The molecule has 3 aromatic rings. The lowest BCUT2D eigenvalue weighted by Gasteiger charge is -2.22. The van der Waals surface area contributed by atoms with Gasteiger partial charge in [-0.05, 0) is 23.7 Å². The van der Waals surface area contributed by atoms with Crippen LogP contribution in [0.15, 0.2) is 48.8 Å². The van der Waals surface area contributed by atoms with E-state index < -0.39 is 0 Å². The highest BCUT2D eigenvalue weighted by atomic mass is 127. The van der Waals surface area contributed by atoms with E-state index in [1.807, 2.05) is 0 Å². The second-order valence-corrected chi connectivity index (χ2v) is 10.3. The molecule has 0 N–H and O–H groups in total. The van der Waals surface area contributed by atoms with Crippen LogP contribution in [0.5, 0.6) is 0 Å². The maximum atomic E-state index is 2.40. The summed E-state index contributed by atoms with van der Waals surface area (Å²) in [6.45, 7) is 18.3. The molecule has 0 aliphatic heterocycles. The maximum Gasteiger partial charge on any atom is 0.135 e. The van der Waals surface area contributed by atoms with Crippen molar-refractivity contribution in [2.24, 2.45) is 0 Å². The third-order valence-corrected chi connectivity index (χ3v) is 6.68. The van der Waals surface area contributed by atoms with Gasteiger partial charge in [0.2, 0.25) is 0 Å². The summed E-state index contributed by atoms with van der Waals surface area (Å²) < 4.78 is 4.80. The summed E-state index contributed by atoms with van der Waals surface area (Å²) in [5.41, 5.74) is 9.46. The lowest BCUT2D eigenvalue weighted by atomic mass is 9.91. The molecule has 0 aliphatic rings. The highest BCUT2D eigenvalue weighted by Gasteiger charge is 2.24. The topological polar surface area (TPSA) is 8.81 Å². The van der Waals surface area contributed by atoms with Crippen LogP contribution in [-0.4, -0.2) is 9.70 Å². The fraction of sp³-hybridized carbons (Fsp3) is 0.444. The predicted octanol–water partition coefficient (Wildman–Crippen LogP) is 6.93.